The molecule has 1 aromatic heterocycles. The average Bonchev–Trinajstić information content (AvgIpc) is 3.12. The van der Waals surface area contributed by atoms with Crippen LogP contribution in [0.4, 0.5) is 0 Å². The summed E-state index contributed by atoms with van der Waals surface area (Å²) in [6, 6.07) is 9.90. The number of furan rings is 1. The number of carbonyl (C=O) groups excluding carboxylic acids is 1. The monoisotopic (exact) mass is 342 g/mol. The average molecular weight is 342 g/mol. The first kappa shape index (κ1) is 17.5. The van der Waals surface area contributed by atoms with Gasteiger partial charge >= 0.3 is 0 Å². The number of carbonyl (C=O) groups is 1. The Hall–Kier alpha value is -2.27. The van der Waals surface area contributed by atoms with Gasteiger partial charge in [0.2, 0.25) is 5.91 Å². The Labute approximate surface area is 149 Å². The second-order valence-electron chi connectivity index (χ2n) is 6.67. The van der Waals surface area contributed by atoms with E-state index in [1.807, 2.05) is 12.1 Å². The number of para-hydroxylation sites is 1. The lowest BCUT2D eigenvalue weighted by molar-refractivity contribution is -0.123. The van der Waals surface area contributed by atoms with E-state index < -0.39 is 0 Å². The number of nitrogens with zero attached hydrogens (tertiary/aromatic N) is 1. The van der Waals surface area contributed by atoms with Gasteiger partial charge in [-0.05, 0) is 49.9 Å². The number of rotatable bonds is 6. The summed E-state index contributed by atoms with van der Waals surface area (Å²) in [4.78, 5) is 14.2. The molecule has 2 heterocycles. The summed E-state index contributed by atoms with van der Waals surface area (Å²) < 4.78 is 11.4. The molecule has 1 saturated heterocycles. The molecule has 5 nitrogen and oxygen atoms in total. The van der Waals surface area contributed by atoms with E-state index in [1.54, 1.807) is 6.26 Å². The highest BCUT2D eigenvalue weighted by atomic mass is 16.5. The Kier molecular flexibility index (Phi) is 5.76. The molecule has 5 heteroatoms. The fourth-order valence-electron chi connectivity index (χ4n) is 3.19. The van der Waals surface area contributed by atoms with Gasteiger partial charge in [-0.1, -0.05) is 18.2 Å². The van der Waals surface area contributed by atoms with E-state index in [0.717, 1.165) is 37.4 Å². The van der Waals surface area contributed by atoms with E-state index in [4.69, 9.17) is 9.15 Å². The van der Waals surface area contributed by atoms with E-state index in [9.17, 15) is 4.79 Å². The third-order valence-electron chi connectivity index (χ3n) is 4.63. The van der Waals surface area contributed by atoms with Gasteiger partial charge in [0.05, 0.1) is 19.4 Å². The van der Waals surface area contributed by atoms with Gasteiger partial charge in [0.1, 0.15) is 17.6 Å². The summed E-state index contributed by atoms with van der Waals surface area (Å²) in [6.07, 6.45) is 3.73. The minimum absolute atomic E-state index is 0.0329. The number of aryl methyl sites for hydroxylation is 2. The summed E-state index contributed by atoms with van der Waals surface area (Å²) in [6.45, 7) is 6.80. The van der Waals surface area contributed by atoms with Crippen LogP contribution in [-0.4, -0.2) is 36.5 Å². The second kappa shape index (κ2) is 8.21. The van der Waals surface area contributed by atoms with E-state index in [1.165, 1.54) is 11.1 Å². The fourth-order valence-corrected chi connectivity index (χ4v) is 3.19. The molecule has 0 aliphatic carbocycles. The zero-order valence-corrected chi connectivity index (χ0v) is 15.0. The molecule has 1 aromatic carbocycles. The maximum absolute atomic E-state index is 12.0. The first-order valence-electron chi connectivity index (χ1n) is 8.86. The number of ether oxygens (including phenoxy) is 1. The minimum atomic E-state index is 0.0329. The first-order chi connectivity index (χ1) is 12.1. The molecule has 0 bridgehead atoms. The molecular weight excluding hydrogens is 316 g/mol. The van der Waals surface area contributed by atoms with Gasteiger partial charge in [-0.15, -0.1) is 0 Å². The molecule has 1 fully saturated rings. The van der Waals surface area contributed by atoms with Gasteiger partial charge in [0.25, 0.3) is 0 Å². The van der Waals surface area contributed by atoms with Crippen molar-refractivity contribution in [3.63, 3.8) is 0 Å². The molecule has 134 valence electrons. The largest absolute Gasteiger partial charge is 0.490 e. The highest BCUT2D eigenvalue weighted by Crippen LogP contribution is 2.26. The van der Waals surface area contributed by atoms with Crippen LogP contribution in [-0.2, 0) is 11.3 Å². The molecular formula is C20H26N2O3. The molecule has 1 amide bonds. The van der Waals surface area contributed by atoms with Crippen LogP contribution in [0.2, 0.25) is 0 Å². The number of hydrogen-bond acceptors (Lipinski definition) is 4. The third kappa shape index (κ3) is 4.86. The van der Waals surface area contributed by atoms with Gasteiger partial charge in [-0.3, -0.25) is 9.69 Å². The molecule has 1 N–H and O–H groups in total. The molecule has 0 spiro atoms. The summed E-state index contributed by atoms with van der Waals surface area (Å²) >= 11 is 0. The topological polar surface area (TPSA) is 54.7 Å². The molecule has 0 atom stereocenters. The third-order valence-corrected chi connectivity index (χ3v) is 4.63. The van der Waals surface area contributed by atoms with Crippen molar-refractivity contribution in [2.24, 2.45) is 0 Å². The van der Waals surface area contributed by atoms with E-state index >= 15 is 0 Å². The number of hydrogen-bond donors (Lipinski definition) is 1. The standard InChI is InChI=1S/C20H26N2O3/c1-15-5-3-6-16(2)20(15)25-17-8-10-22(11-9-17)14-19(23)21-13-18-7-4-12-24-18/h3-7,12,17H,8-11,13-14H2,1-2H3,(H,21,23). The molecule has 2 aromatic rings. The smallest absolute Gasteiger partial charge is 0.234 e. The Morgan fingerprint density at radius 3 is 2.56 bits per heavy atom. The molecule has 1 aliphatic heterocycles. The highest BCUT2D eigenvalue weighted by molar-refractivity contribution is 5.77. The second-order valence-corrected chi connectivity index (χ2v) is 6.67. The summed E-state index contributed by atoms with van der Waals surface area (Å²) in [5, 5.41) is 2.89. The highest BCUT2D eigenvalue weighted by Gasteiger charge is 2.23. The lowest BCUT2D eigenvalue weighted by Gasteiger charge is -2.32. The van der Waals surface area contributed by atoms with E-state index in [2.05, 4.69) is 42.3 Å². The first-order valence-corrected chi connectivity index (χ1v) is 8.86. The molecule has 0 radical (unpaired) electrons. The molecule has 25 heavy (non-hydrogen) atoms. The molecule has 0 unspecified atom stereocenters. The maximum atomic E-state index is 12.0. The fraction of sp³-hybridized carbons (Fsp3) is 0.450. The zero-order valence-electron chi connectivity index (χ0n) is 15.0. The van der Waals surface area contributed by atoms with Crippen LogP contribution in [0, 0.1) is 13.8 Å². The van der Waals surface area contributed by atoms with Crippen LogP contribution in [0.25, 0.3) is 0 Å². The maximum Gasteiger partial charge on any atom is 0.234 e. The van der Waals surface area contributed by atoms with Gasteiger partial charge in [-0.2, -0.15) is 0 Å². The van der Waals surface area contributed by atoms with Crippen molar-refractivity contribution in [3.05, 3.63) is 53.5 Å². The van der Waals surface area contributed by atoms with Crippen molar-refractivity contribution in [2.45, 2.75) is 39.3 Å². The lowest BCUT2D eigenvalue weighted by atomic mass is 10.1. The quantitative estimate of drug-likeness (QED) is 0.877. The number of benzene rings is 1. The number of amides is 1. The van der Waals surface area contributed by atoms with Crippen LogP contribution in [0.3, 0.4) is 0 Å². The predicted molar refractivity (Wildman–Crippen MR) is 96.6 cm³/mol. The van der Waals surface area contributed by atoms with Crippen LogP contribution < -0.4 is 10.1 Å². The number of likely N-dealkylation sites (tertiary alicyclic amines) is 1. The minimum Gasteiger partial charge on any atom is -0.490 e. The van der Waals surface area contributed by atoms with Crippen LogP contribution in [0.5, 0.6) is 5.75 Å². The van der Waals surface area contributed by atoms with Crippen molar-refractivity contribution in [3.8, 4) is 5.75 Å². The summed E-state index contributed by atoms with van der Waals surface area (Å²) in [5.41, 5.74) is 2.36. The van der Waals surface area contributed by atoms with Gasteiger partial charge in [-0.25, -0.2) is 0 Å². The molecule has 1 aliphatic rings. The van der Waals surface area contributed by atoms with Crippen molar-refractivity contribution in [1.29, 1.82) is 0 Å². The Balaban J connectivity index is 1.42. The summed E-state index contributed by atoms with van der Waals surface area (Å²) in [5.74, 6) is 1.82. The predicted octanol–water partition coefficient (Wildman–Crippen LogP) is 3.06. The van der Waals surface area contributed by atoms with Crippen molar-refractivity contribution in [1.82, 2.24) is 10.2 Å². The zero-order chi connectivity index (χ0) is 17.6. The van der Waals surface area contributed by atoms with E-state index in [0.29, 0.717) is 13.1 Å². The van der Waals surface area contributed by atoms with Gasteiger partial charge in [0.15, 0.2) is 0 Å². The van der Waals surface area contributed by atoms with Gasteiger partial charge < -0.3 is 14.5 Å². The normalized spacial score (nSPS) is 15.9. The van der Waals surface area contributed by atoms with Gasteiger partial charge in [0, 0.05) is 13.1 Å². The number of piperidine rings is 1. The summed E-state index contributed by atoms with van der Waals surface area (Å²) in [7, 11) is 0. The Morgan fingerprint density at radius 2 is 1.92 bits per heavy atom. The van der Waals surface area contributed by atoms with Crippen LogP contribution >= 0.6 is 0 Å². The molecule has 3 rings (SSSR count). The van der Waals surface area contributed by atoms with E-state index in [-0.39, 0.29) is 12.0 Å². The van der Waals surface area contributed by atoms with Crippen LogP contribution in [0.1, 0.15) is 29.7 Å². The van der Waals surface area contributed by atoms with Crippen molar-refractivity contribution in [2.75, 3.05) is 19.6 Å². The Morgan fingerprint density at radius 1 is 1.20 bits per heavy atom. The Bertz CT molecular complexity index is 669. The lowest BCUT2D eigenvalue weighted by Crippen LogP contribution is -2.43. The van der Waals surface area contributed by atoms with Crippen LogP contribution in [0.15, 0.2) is 41.0 Å². The van der Waals surface area contributed by atoms with Crippen molar-refractivity contribution < 1.29 is 13.9 Å². The van der Waals surface area contributed by atoms with Crippen molar-refractivity contribution >= 4 is 5.91 Å². The molecule has 0 saturated carbocycles. The SMILES string of the molecule is Cc1cccc(C)c1OC1CCN(CC(=O)NCc2ccco2)CC1. The number of nitrogens with one attached hydrogen (secondary N) is 1.